The molecule has 3 aliphatic rings. The molecular formula is C33H36F3N5O3. The molecule has 5 heterocycles. The van der Waals surface area contributed by atoms with E-state index in [1.54, 1.807) is 6.07 Å². The summed E-state index contributed by atoms with van der Waals surface area (Å²) in [5, 5.41) is 22.6. The van der Waals surface area contributed by atoms with Gasteiger partial charge in [0.15, 0.2) is 5.82 Å². The topological polar surface area (TPSA) is 94.8 Å². The van der Waals surface area contributed by atoms with Crippen LogP contribution in [0.15, 0.2) is 30.5 Å². The third-order valence-electron chi connectivity index (χ3n) is 9.86. The van der Waals surface area contributed by atoms with Crippen LogP contribution in [0.3, 0.4) is 0 Å². The lowest BCUT2D eigenvalue weighted by molar-refractivity contribution is 0.107. The summed E-state index contributed by atoms with van der Waals surface area (Å²) in [5.74, 6) is -0.890. The largest absolute Gasteiger partial charge is 0.508 e. The predicted molar refractivity (Wildman–Crippen MR) is 162 cm³/mol. The quantitative estimate of drug-likeness (QED) is 0.289. The summed E-state index contributed by atoms with van der Waals surface area (Å²) in [6.45, 7) is 5.65. The van der Waals surface area contributed by atoms with Crippen molar-refractivity contribution in [2.45, 2.75) is 76.2 Å². The van der Waals surface area contributed by atoms with Crippen LogP contribution in [0.5, 0.6) is 11.8 Å². The second-order valence-electron chi connectivity index (χ2n) is 12.5. The highest BCUT2D eigenvalue weighted by molar-refractivity contribution is 6.01. The molecule has 0 amide bonds. The average Bonchev–Trinajstić information content (AvgIpc) is 3.53. The van der Waals surface area contributed by atoms with Gasteiger partial charge in [0, 0.05) is 31.3 Å². The van der Waals surface area contributed by atoms with Gasteiger partial charge in [-0.1, -0.05) is 13.0 Å². The van der Waals surface area contributed by atoms with Crippen LogP contribution >= 0.6 is 0 Å². The highest BCUT2D eigenvalue weighted by Gasteiger charge is 2.49. The SMILES string of the molecule is CCc1c(F)ccc2cc(O)cc(-c3ncc4c(N5CCCC(O)[C@@H]5C)nc(OC[C@@]56CCCN5C[C@H](F)C6)nc4c3F)c12. The third kappa shape index (κ3) is 4.72. The molecule has 3 fully saturated rings. The van der Waals surface area contributed by atoms with Crippen molar-refractivity contribution in [1.82, 2.24) is 19.9 Å². The number of fused-ring (bicyclic) bond motifs is 3. The number of aliphatic hydroxyl groups is 1. The smallest absolute Gasteiger partial charge is 0.319 e. The molecule has 4 aromatic rings. The second kappa shape index (κ2) is 11.0. The maximum Gasteiger partial charge on any atom is 0.319 e. The number of benzene rings is 2. The molecule has 0 bridgehead atoms. The van der Waals surface area contributed by atoms with E-state index in [1.165, 1.54) is 24.4 Å². The van der Waals surface area contributed by atoms with Crippen molar-refractivity contribution in [3.63, 3.8) is 0 Å². The Morgan fingerprint density at radius 1 is 1.14 bits per heavy atom. The van der Waals surface area contributed by atoms with E-state index in [4.69, 9.17) is 9.72 Å². The van der Waals surface area contributed by atoms with Gasteiger partial charge >= 0.3 is 6.01 Å². The molecular weight excluding hydrogens is 571 g/mol. The van der Waals surface area contributed by atoms with Crippen molar-refractivity contribution < 1.29 is 28.1 Å². The van der Waals surface area contributed by atoms with Crippen molar-refractivity contribution in [2.75, 3.05) is 31.1 Å². The van der Waals surface area contributed by atoms with Crippen LogP contribution in [0.4, 0.5) is 19.0 Å². The van der Waals surface area contributed by atoms with E-state index in [9.17, 15) is 19.0 Å². The predicted octanol–water partition coefficient (Wildman–Crippen LogP) is 5.70. The Morgan fingerprint density at radius 2 is 1.98 bits per heavy atom. The van der Waals surface area contributed by atoms with Crippen molar-refractivity contribution in [3.8, 4) is 23.0 Å². The maximum absolute atomic E-state index is 16.7. The Labute approximate surface area is 253 Å². The van der Waals surface area contributed by atoms with Crippen molar-refractivity contribution >= 4 is 27.5 Å². The first-order valence-corrected chi connectivity index (χ1v) is 15.5. The van der Waals surface area contributed by atoms with E-state index >= 15 is 4.39 Å². The zero-order chi connectivity index (χ0) is 30.7. The summed E-state index contributed by atoms with van der Waals surface area (Å²) < 4.78 is 52.3. The highest BCUT2D eigenvalue weighted by Crippen LogP contribution is 2.42. The number of pyridine rings is 1. The molecule has 2 N–H and O–H groups in total. The third-order valence-corrected chi connectivity index (χ3v) is 9.86. The summed E-state index contributed by atoms with van der Waals surface area (Å²) in [6.07, 6.45) is 3.80. The van der Waals surface area contributed by atoms with E-state index in [0.717, 1.165) is 25.8 Å². The van der Waals surface area contributed by atoms with E-state index in [0.29, 0.717) is 59.9 Å². The number of nitrogens with zero attached hydrogens (tertiary/aromatic N) is 5. The number of halogens is 3. The normalized spacial score (nSPS) is 25.7. The maximum atomic E-state index is 16.7. The molecule has 4 atom stereocenters. The van der Waals surface area contributed by atoms with Crippen LogP contribution in [0.1, 0.15) is 51.5 Å². The zero-order valence-electron chi connectivity index (χ0n) is 24.9. The fourth-order valence-corrected chi connectivity index (χ4v) is 7.59. The van der Waals surface area contributed by atoms with Gasteiger partial charge in [-0.3, -0.25) is 9.88 Å². The molecule has 0 spiro atoms. The van der Waals surface area contributed by atoms with Gasteiger partial charge in [-0.05, 0) is 80.1 Å². The minimum absolute atomic E-state index is 0.0382. The molecule has 232 valence electrons. The molecule has 1 unspecified atom stereocenters. The summed E-state index contributed by atoms with van der Waals surface area (Å²) in [5.41, 5.74) is 0.0719. The molecule has 7 rings (SSSR count). The lowest BCUT2D eigenvalue weighted by Crippen LogP contribution is -2.47. The minimum atomic E-state index is -0.927. The number of hydrogen-bond donors (Lipinski definition) is 2. The lowest BCUT2D eigenvalue weighted by atomic mass is 9.94. The van der Waals surface area contributed by atoms with Crippen LogP contribution < -0.4 is 9.64 Å². The summed E-state index contributed by atoms with van der Waals surface area (Å²) >= 11 is 0. The van der Waals surface area contributed by atoms with Gasteiger partial charge in [-0.2, -0.15) is 9.97 Å². The number of aliphatic hydroxyl groups excluding tert-OH is 1. The van der Waals surface area contributed by atoms with Gasteiger partial charge in [0.2, 0.25) is 0 Å². The Morgan fingerprint density at radius 3 is 2.80 bits per heavy atom. The average molecular weight is 608 g/mol. The lowest BCUT2D eigenvalue weighted by Gasteiger charge is -2.38. The number of aryl methyl sites for hydroxylation is 1. The Hall–Kier alpha value is -3.70. The molecule has 0 saturated carbocycles. The standard InChI is InChI=1S/C33H36F3N5O3/c1-3-22-25(35)8-7-19-12-21(42)13-23(27(19)22)29-28(36)30-24(15-37-29)31(41-11-4-6-26(43)18(41)2)39-32(38-30)44-17-33-9-5-10-40(33)16-20(34)14-33/h7-8,12-13,15,18,20,26,42-43H,3-6,9-11,14,16-17H2,1-2H3/t18-,20+,26?,33-/m0/s1. The van der Waals surface area contributed by atoms with Gasteiger partial charge in [0.05, 0.1) is 23.1 Å². The summed E-state index contributed by atoms with van der Waals surface area (Å²) in [6, 6.07) is 5.46. The van der Waals surface area contributed by atoms with E-state index in [-0.39, 0.29) is 41.2 Å². The molecule has 2 aromatic carbocycles. The Kier molecular flexibility index (Phi) is 7.28. The number of ether oxygens (including phenoxy) is 1. The van der Waals surface area contributed by atoms with Crippen molar-refractivity contribution in [1.29, 1.82) is 0 Å². The molecule has 0 aliphatic carbocycles. The number of phenols is 1. The zero-order valence-corrected chi connectivity index (χ0v) is 24.9. The molecule has 11 heteroatoms. The first kappa shape index (κ1) is 29.0. The van der Waals surface area contributed by atoms with Crippen molar-refractivity contribution in [3.05, 3.63) is 47.7 Å². The number of alkyl halides is 1. The van der Waals surface area contributed by atoms with Gasteiger partial charge < -0.3 is 19.8 Å². The van der Waals surface area contributed by atoms with Crippen LogP contribution in [-0.2, 0) is 6.42 Å². The van der Waals surface area contributed by atoms with E-state index < -0.39 is 29.4 Å². The fourth-order valence-electron chi connectivity index (χ4n) is 7.59. The number of piperidine rings is 1. The van der Waals surface area contributed by atoms with Gasteiger partial charge in [0.1, 0.15) is 41.4 Å². The number of phenolic OH excluding ortho intramolecular Hbond substituents is 1. The van der Waals surface area contributed by atoms with Crippen LogP contribution in [0, 0.1) is 11.6 Å². The molecule has 44 heavy (non-hydrogen) atoms. The van der Waals surface area contributed by atoms with Gasteiger partial charge in [0.25, 0.3) is 0 Å². The van der Waals surface area contributed by atoms with Crippen LogP contribution in [0.2, 0.25) is 0 Å². The molecule has 3 aliphatic heterocycles. The second-order valence-corrected chi connectivity index (χ2v) is 12.5. The number of aromatic nitrogens is 3. The minimum Gasteiger partial charge on any atom is -0.508 e. The summed E-state index contributed by atoms with van der Waals surface area (Å²) in [7, 11) is 0. The first-order valence-electron chi connectivity index (χ1n) is 15.5. The Balaban J connectivity index is 1.39. The summed E-state index contributed by atoms with van der Waals surface area (Å²) in [4.78, 5) is 17.8. The van der Waals surface area contributed by atoms with E-state index in [1.807, 2.05) is 18.7 Å². The number of anilines is 1. The van der Waals surface area contributed by atoms with Crippen LogP contribution in [-0.4, -0.2) is 80.2 Å². The van der Waals surface area contributed by atoms with Gasteiger partial charge in [-0.25, -0.2) is 13.2 Å². The number of aromatic hydroxyl groups is 1. The van der Waals surface area contributed by atoms with Crippen LogP contribution in [0.25, 0.3) is 32.9 Å². The Bertz CT molecular complexity index is 1760. The first-order chi connectivity index (χ1) is 21.2. The molecule has 0 radical (unpaired) electrons. The van der Waals surface area contributed by atoms with E-state index in [2.05, 4.69) is 14.9 Å². The van der Waals surface area contributed by atoms with Crippen molar-refractivity contribution in [2.24, 2.45) is 0 Å². The highest BCUT2D eigenvalue weighted by atomic mass is 19.1. The number of hydrogen-bond acceptors (Lipinski definition) is 8. The fraction of sp³-hybridized carbons (Fsp3) is 0.485. The molecule has 2 aromatic heterocycles. The molecule has 3 saturated heterocycles. The monoisotopic (exact) mass is 607 g/mol. The molecule has 8 nitrogen and oxygen atoms in total. The van der Waals surface area contributed by atoms with Gasteiger partial charge in [-0.15, -0.1) is 0 Å². The number of rotatable bonds is 6.